The van der Waals surface area contributed by atoms with E-state index in [1.54, 1.807) is 12.3 Å². The quantitative estimate of drug-likeness (QED) is 0.905. The standard InChI is InChI=1S/C19H26N4O2/c1-3-23(4-2)18-9-14-11-20-15(10-17(14)25-18)19(24)21-16-12-22-7-5-13(16)6-8-22/h9-11,13,16H,3-8,12H2,1-2H3,(H,21,24)/t16-/m0/s1. The Morgan fingerprint density at radius 2 is 2.08 bits per heavy atom. The van der Waals surface area contributed by atoms with Gasteiger partial charge >= 0.3 is 0 Å². The van der Waals surface area contributed by atoms with Crippen molar-refractivity contribution >= 4 is 22.8 Å². The van der Waals surface area contributed by atoms with Crippen LogP contribution in [0.15, 0.2) is 22.7 Å². The third kappa shape index (κ3) is 3.11. The average molecular weight is 342 g/mol. The van der Waals surface area contributed by atoms with Gasteiger partial charge in [-0.1, -0.05) is 0 Å². The second kappa shape index (κ2) is 6.67. The molecule has 0 saturated carbocycles. The Hall–Kier alpha value is -2.08. The van der Waals surface area contributed by atoms with Gasteiger partial charge in [-0.3, -0.25) is 9.78 Å². The highest BCUT2D eigenvalue weighted by atomic mass is 16.4. The summed E-state index contributed by atoms with van der Waals surface area (Å²) in [7, 11) is 0. The summed E-state index contributed by atoms with van der Waals surface area (Å²) in [5.41, 5.74) is 1.15. The number of amides is 1. The number of aromatic nitrogens is 1. The molecule has 0 spiro atoms. The molecule has 6 heteroatoms. The van der Waals surface area contributed by atoms with Gasteiger partial charge in [0.15, 0.2) is 5.88 Å². The van der Waals surface area contributed by atoms with Gasteiger partial charge in [0.25, 0.3) is 5.91 Å². The van der Waals surface area contributed by atoms with Gasteiger partial charge in [0, 0.05) is 49.4 Å². The van der Waals surface area contributed by atoms with Crippen molar-refractivity contribution in [3.05, 3.63) is 24.0 Å². The molecular weight excluding hydrogens is 316 g/mol. The van der Waals surface area contributed by atoms with Gasteiger partial charge in [-0.05, 0) is 45.7 Å². The van der Waals surface area contributed by atoms with Gasteiger partial charge < -0.3 is 19.5 Å². The van der Waals surface area contributed by atoms with Gasteiger partial charge in [0.2, 0.25) is 0 Å². The van der Waals surface area contributed by atoms with Crippen LogP contribution in [0.4, 0.5) is 5.88 Å². The average Bonchev–Trinajstić information content (AvgIpc) is 3.06. The number of anilines is 1. The smallest absolute Gasteiger partial charge is 0.270 e. The fourth-order valence-electron chi connectivity index (χ4n) is 4.11. The maximum absolute atomic E-state index is 12.6. The first-order chi connectivity index (χ1) is 12.2. The summed E-state index contributed by atoms with van der Waals surface area (Å²) in [6, 6.07) is 4.00. The fourth-order valence-corrected chi connectivity index (χ4v) is 4.11. The van der Waals surface area contributed by atoms with Crippen LogP contribution in [-0.2, 0) is 0 Å². The third-order valence-corrected chi connectivity index (χ3v) is 5.67. The Bertz CT molecular complexity index is 760. The van der Waals surface area contributed by atoms with Gasteiger partial charge in [0.1, 0.15) is 11.3 Å². The molecule has 3 aliphatic rings. The minimum atomic E-state index is -0.0959. The summed E-state index contributed by atoms with van der Waals surface area (Å²) < 4.78 is 5.94. The molecule has 3 aliphatic heterocycles. The molecule has 0 aromatic carbocycles. The summed E-state index contributed by atoms with van der Waals surface area (Å²) in [6.07, 6.45) is 4.10. The summed E-state index contributed by atoms with van der Waals surface area (Å²) in [4.78, 5) is 21.6. The molecule has 6 nitrogen and oxygen atoms in total. The van der Waals surface area contributed by atoms with Crippen LogP contribution in [0.5, 0.6) is 0 Å². The second-order valence-electron chi connectivity index (χ2n) is 7.08. The van der Waals surface area contributed by atoms with Crippen molar-refractivity contribution in [3.8, 4) is 0 Å². The van der Waals surface area contributed by atoms with Crippen molar-refractivity contribution < 1.29 is 9.21 Å². The molecule has 1 atom stereocenters. The van der Waals surface area contributed by atoms with Crippen molar-refractivity contribution in [2.75, 3.05) is 37.6 Å². The van der Waals surface area contributed by atoms with Crippen molar-refractivity contribution in [3.63, 3.8) is 0 Å². The number of carbonyl (C=O) groups excluding carboxylic acids is 1. The molecule has 25 heavy (non-hydrogen) atoms. The Labute approximate surface area is 148 Å². The van der Waals surface area contributed by atoms with Crippen LogP contribution in [0.2, 0.25) is 0 Å². The molecule has 2 bridgehead atoms. The minimum absolute atomic E-state index is 0.0959. The lowest BCUT2D eigenvalue weighted by atomic mass is 9.84. The zero-order valence-corrected chi connectivity index (χ0v) is 15.0. The summed E-state index contributed by atoms with van der Waals surface area (Å²) in [5, 5.41) is 4.12. The molecule has 0 radical (unpaired) electrons. The monoisotopic (exact) mass is 342 g/mol. The molecule has 5 rings (SSSR count). The number of carbonyl (C=O) groups is 1. The number of rotatable bonds is 5. The number of hydrogen-bond acceptors (Lipinski definition) is 5. The van der Waals surface area contributed by atoms with E-state index in [4.69, 9.17) is 4.42 Å². The van der Waals surface area contributed by atoms with Gasteiger partial charge in [-0.15, -0.1) is 0 Å². The summed E-state index contributed by atoms with van der Waals surface area (Å²) >= 11 is 0. The first-order valence-electron chi connectivity index (χ1n) is 9.35. The Morgan fingerprint density at radius 3 is 2.72 bits per heavy atom. The predicted molar refractivity (Wildman–Crippen MR) is 98.0 cm³/mol. The van der Waals surface area contributed by atoms with E-state index >= 15 is 0 Å². The van der Waals surface area contributed by atoms with E-state index in [9.17, 15) is 4.79 Å². The van der Waals surface area contributed by atoms with Gasteiger partial charge in [-0.2, -0.15) is 0 Å². The SMILES string of the molecule is CCN(CC)c1cc2cnc(C(=O)N[C@H]3CN4CCC3CC4)cc2o1. The van der Waals surface area contributed by atoms with E-state index < -0.39 is 0 Å². The zero-order valence-electron chi connectivity index (χ0n) is 15.0. The number of fused-ring (bicyclic) bond motifs is 4. The van der Waals surface area contributed by atoms with E-state index in [0.29, 0.717) is 11.6 Å². The van der Waals surface area contributed by atoms with E-state index in [1.807, 2.05) is 6.07 Å². The lowest BCUT2D eigenvalue weighted by Gasteiger charge is -2.44. The minimum Gasteiger partial charge on any atom is -0.440 e. The maximum atomic E-state index is 12.6. The van der Waals surface area contributed by atoms with E-state index in [0.717, 1.165) is 36.5 Å². The molecule has 134 valence electrons. The first kappa shape index (κ1) is 16.4. The topological polar surface area (TPSA) is 61.6 Å². The van der Waals surface area contributed by atoms with Crippen LogP contribution < -0.4 is 10.2 Å². The van der Waals surface area contributed by atoms with Crippen molar-refractivity contribution in [2.24, 2.45) is 5.92 Å². The normalized spacial score (nSPS) is 25.3. The number of nitrogens with zero attached hydrogens (tertiary/aromatic N) is 3. The van der Waals surface area contributed by atoms with Crippen molar-refractivity contribution in [1.82, 2.24) is 15.2 Å². The highest BCUT2D eigenvalue weighted by Gasteiger charge is 2.35. The van der Waals surface area contributed by atoms with Crippen LogP contribution in [0, 0.1) is 5.92 Å². The molecule has 0 unspecified atom stereocenters. The highest BCUT2D eigenvalue weighted by molar-refractivity contribution is 5.95. The van der Waals surface area contributed by atoms with Gasteiger partial charge in [-0.25, -0.2) is 0 Å². The Morgan fingerprint density at radius 1 is 1.32 bits per heavy atom. The molecular formula is C19H26N4O2. The van der Waals surface area contributed by atoms with Crippen LogP contribution in [-0.4, -0.2) is 54.6 Å². The fraction of sp³-hybridized carbons (Fsp3) is 0.579. The number of pyridine rings is 1. The largest absolute Gasteiger partial charge is 0.440 e. The first-order valence-corrected chi connectivity index (χ1v) is 9.35. The maximum Gasteiger partial charge on any atom is 0.270 e. The van der Waals surface area contributed by atoms with E-state index in [2.05, 4.69) is 33.9 Å². The lowest BCUT2D eigenvalue weighted by Crippen LogP contribution is -2.57. The van der Waals surface area contributed by atoms with Crippen LogP contribution >= 0.6 is 0 Å². The molecule has 2 aromatic rings. The van der Waals surface area contributed by atoms with Crippen molar-refractivity contribution in [2.45, 2.75) is 32.7 Å². The van der Waals surface area contributed by atoms with Gasteiger partial charge in [0.05, 0.1) is 0 Å². The summed E-state index contributed by atoms with van der Waals surface area (Å²) in [6.45, 7) is 9.27. The Kier molecular flexibility index (Phi) is 4.37. The Balaban J connectivity index is 1.51. The molecule has 3 saturated heterocycles. The van der Waals surface area contributed by atoms with Crippen LogP contribution in [0.1, 0.15) is 37.2 Å². The molecule has 1 amide bonds. The second-order valence-corrected chi connectivity index (χ2v) is 7.08. The molecule has 2 aromatic heterocycles. The number of hydrogen-bond donors (Lipinski definition) is 1. The molecule has 1 N–H and O–H groups in total. The lowest BCUT2D eigenvalue weighted by molar-refractivity contribution is 0.0618. The molecule has 3 fully saturated rings. The number of piperidine rings is 3. The highest BCUT2D eigenvalue weighted by Crippen LogP contribution is 2.28. The van der Waals surface area contributed by atoms with Crippen molar-refractivity contribution in [1.29, 1.82) is 0 Å². The van der Waals surface area contributed by atoms with Crippen LogP contribution in [0.25, 0.3) is 11.0 Å². The predicted octanol–water partition coefficient (Wildman–Crippen LogP) is 2.50. The summed E-state index contributed by atoms with van der Waals surface area (Å²) in [5.74, 6) is 1.34. The molecule has 5 heterocycles. The number of nitrogens with one attached hydrogen (secondary N) is 1. The molecule has 0 aliphatic carbocycles. The number of furan rings is 1. The van der Waals surface area contributed by atoms with E-state index in [1.165, 1.54) is 25.9 Å². The van der Waals surface area contributed by atoms with E-state index in [-0.39, 0.29) is 11.9 Å². The van der Waals surface area contributed by atoms with Crippen LogP contribution in [0.3, 0.4) is 0 Å². The third-order valence-electron chi connectivity index (χ3n) is 5.67. The zero-order chi connectivity index (χ0) is 17.4.